The number of nitrogens with two attached hydrogens (primary N) is 1. The standard InChI is InChI=1S/C14H20FNO/c1-10-3-2-4-13(7-10)17-9-11-8-12(15)5-6-14(11)16/h5-6,8,10,13H,2-4,7,9,16H2,1H3. The number of halogens is 1. The van der Waals surface area contributed by atoms with Crippen molar-refractivity contribution < 1.29 is 9.13 Å². The Morgan fingerprint density at radius 2 is 2.24 bits per heavy atom. The predicted molar refractivity (Wildman–Crippen MR) is 67.0 cm³/mol. The van der Waals surface area contributed by atoms with Crippen molar-refractivity contribution in [1.29, 1.82) is 0 Å². The van der Waals surface area contributed by atoms with Gasteiger partial charge in [0.2, 0.25) is 0 Å². The summed E-state index contributed by atoms with van der Waals surface area (Å²) in [7, 11) is 0. The summed E-state index contributed by atoms with van der Waals surface area (Å²) < 4.78 is 18.9. The zero-order valence-corrected chi connectivity index (χ0v) is 10.3. The minimum Gasteiger partial charge on any atom is -0.398 e. The average Bonchev–Trinajstić information content (AvgIpc) is 2.30. The van der Waals surface area contributed by atoms with Gasteiger partial charge in [-0.25, -0.2) is 4.39 Å². The molecule has 2 unspecified atom stereocenters. The van der Waals surface area contributed by atoms with Gasteiger partial charge in [-0.05, 0) is 37.0 Å². The predicted octanol–water partition coefficient (Wildman–Crippen LogP) is 3.50. The number of ether oxygens (including phenoxy) is 1. The molecule has 0 bridgehead atoms. The van der Waals surface area contributed by atoms with E-state index in [-0.39, 0.29) is 5.82 Å². The molecule has 2 nitrogen and oxygen atoms in total. The van der Waals surface area contributed by atoms with Crippen molar-refractivity contribution in [3.05, 3.63) is 29.6 Å². The fraction of sp³-hybridized carbons (Fsp3) is 0.571. The SMILES string of the molecule is CC1CCCC(OCc2cc(F)ccc2N)C1. The van der Waals surface area contributed by atoms with Gasteiger partial charge < -0.3 is 10.5 Å². The zero-order valence-electron chi connectivity index (χ0n) is 10.3. The smallest absolute Gasteiger partial charge is 0.123 e. The van der Waals surface area contributed by atoms with Gasteiger partial charge in [-0.15, -0.1) is 0 Å². The number of nitrogen functional groups attached to an aromatic ring is 1. The van der Waals surface area contributed by atoms with Crippen molar-refractivity contribution in [1.82, 2.24) is 0 Å². The van der Waals surface area contributed by atoms with E-state index in [1.54, 1.807) is 6.07 Å². The van der Waals surface area contributed by atoms with Crippen molar-refractivity contribution in [3.63, 3.8) is 0 Å². The molecule has 0 aliphatic heterocycles. The summed E-state index contributed by atoms with van der Waals surface area (Å²) in [5.41, 5.74) is 7.15. The maximum absolute atomic E-state index is 13.1. The molecule has 0 heterocycles. The van der Waals surface area contributed by atoms with Gasteiger partial charge in [0.25, 0.3) is 0 Å². The molecule has 1 saturated carbocycles. The molecule has 0 radical (unpaired) electrons. The summed E-state index contributed by atoms with van der Waals surface area (Å²) in [6.07, 6.45) is 5.04. The number of anilines is 1. The molecule has 2 atom stereocenters. The Morgan fingerprint density at radius 3 is 3.00 bits per heavy atom. The van der Waals surface area contributed by atoms with Crippen LogP contribution < -0.4 is 5.73 Å². The largest absolute Gasteiger partial charge is 0.398 e. The van der Waals surface area contributed by atoms with Crippen LogP contribution in [0.25, 0.3) is 0 Å². The quantitative estimate of drug-likeness (QED) is 0.816. The van der Waals surface area contributed by atoms with Gasteiger partial charge in [0, 0.05) is 11.3 Å². The van der Waals surface area contributed by atoms with E-state index in [1.807, 2.05) is 0 Å². The van der Waals surface area contributed by atoms with Gasteiger partial charge >= 0.3 is 0 Å². The number of rotatable bonds is 3. The highest BCUT2D eigenvalue weighted by Gasteiger charge is 2.19. The topological polar surface area (TPSA) is 35.2 Å². The van der Waals surface area contributed by atoms with Crippen LogP contribution >= 0.6 is 0 Å². The van der Waals surface area contributed by atoms with Crippen molar-refractivity contribution in [2.75, 3.05) is 5.73 Å². The second-order valence-corrected chi connectivity index (χ2v) is 5.05. The maximum Gasteiger partial charge on any atom is 0.123 e. The van der Waals surface area contributed by atoms with E-state index in [2.05, 4.69) is 6.92 Å². The average molecular weight is 237 g/mol. The molecule has 2 N–H and O–H groups in total. The van der Waals surface area contributed by atoms with Gasteiger partial charge in [0.1, 0.15) is 5.82 Å². The molecule has 0 saturated heterocycles. The van der Waals surface area contributed by atoms with Gasteiger partial charge in [-0.1, -0.05) is 19.8 Å². The first-order valence-corrected chi connectivity index (χ1v) is 6.30. The summed E-state index contributed by atoms with van der Waals surface area (Å²) in [6, 6.07) is 4.43. The third-order valence-corrected chi connectivity index (χ3v) is 3.47. The van der Waals surface area contributed by atoms with Crippen LogP contribution in [0, 0.1) is 11.7 Å². The normalized spacial score (nSPS) is 24.8. The number of benzene rings is 1. The minimum absolute atomic E-state index is 0.255. The second kappa shape index (κ2) is 5.50. The van der Waals surface area contributed by atoms with Crippen molar-refractivity contribution >= 4 is 5.69 Å². The highest BCUT2D eigenvalue weighted by atomic mass is 19.1. The second-order valence-electron chi connectivity index (χ2n) is 5.05. The molecular weight excluding hydrogens is 217 g/mol. The molecule has 3 heteroatoms. The molecule has 17 heavy (non-hydrogen) atoms. The van der Waals surface area contributed by atoms with E-state index < -0.39 is 0 Å². The first kappa shape index (κ1) is 12.4. The van der Waals surface area contributed by atoms with Crippen molar-refractivity contribution in [3.8, 4) is 0 Å². The molecule has 0 spiro atoms. The number of hydrogen-bond donors (Lipinski definition) is 1. The van der Waals surface area contributed by atoms with Crippen LogP contribution in [0.1, 0.15) is 38.2 Å². The third kappa shape index (κ3) is 3.43. The van der Waals surface area contributed by atoms with Crippen LogP contribution in [-0.2, 0) is 11.3 Å². The molecule has 0 aromatic heterocycles. The van der Waals surface area contributed by atoms with E-state index in [1.165, 1.54) is 25.0 Å². The minimum atomic E-state index is -0.255. The van der Waals surface area contributed by atoms with E-state index in [0.29, 0.717) is 18.4 Å². The zero-order chi connectivity index (χ0) is 12.3. The van der Waals surface area contributed by atoms with E-state index in [9.17, 15) is 4.39 Å². The van der Waals surface area contributed by atoms with Crippen LogP contribution in [0.2, 0.25) is 0 Å². The van der Waals surface area contributed by atoms with Crippen molar-refractivity contribution in [2.24, 2.45) is 5.92 Å². The Balaban J connectivity index is 1.90. The van der Waals surface area contributed by atoms with Gasteiger partial charge in [-0.2, -0.15) is 0 Å². The Labute approximate surface area is 102 Å². The van der Waals surface area contributed by atoms with Crippen molar-refractivity contribution in [2.45, 2.75) is 45.3 Å². The summed E-state index contributed by atoms with van der Waals surface area (Å²) in [5, 5.41) is 0. The van der Waals surface area contributed by atoms with Crippen LogP contribution in [0.15, 0.2) is 18.2 Å². The molecule has 2 rings (SSSR count). The fourth-order valence-electron chi connectivity index (χ4n) is 2.44. The molecular formula is C14H20FNO. The van der Waals surface area contributed by atoms with E-state index >= 15 is 0 Å². The first-order chi connectivity index (χ1) is 8.15. The maximum atomic E-state index is 13.1. The van der Waals surface area contributed by atoms with Gasteiger partial charge in [-0.3, -0.25) is 0 Å². The Morgan fingerprint density at radius 1 is 1.41 bits per heavy atom. The molecule has 1 aromatic carbocycles. The Bertz CT molecular complexity index is 380. The first-order valence-electron chi connectivity index (χ1n) is 6.30. The molecule has 1 aliphatic carbocycles. The summed E-state index contributed by atoms with van der Waals surface area (Å²) in [5.74, 6) is 0.480. The van der Waals surface area contributed by atoms with Gasteiger partial charge in [0.15, 0.2) is 0 Å². The number of hydrogen-bond acceptors (Lipinski definition) is 2. The third-order valence-electron chi connectivity index (χ3n) is 3.47. The fourth-order valence-corrected chi connectivity index (χ4v) is 2.44. The lowest BCUT2D eigenvalue weighted by molar-refractivity contribution is 0.00483. The lowest BCUT2D eigenvalue weighted by Crippen LogP contribution is -2.21. The molecule has 1 aliphatic rings. The molecule has 94 valence electrons. The molecule has 1 aromatic rings. The van der Waals surface area contributed by atoms with Crippen LogP contribution in [-0.4, -0.2) is 6.10 Å². The van der Waals surface area contributed by atoms with Crippen LogP contribution in [0.5, 0.6) is 0 Å². The van der Waals surface area contributed by atoms with Crippen LogP contribution in [0.4, 0.5) is 10.1 Å². The van der Waals surface area contributed by atoms with Gasteiger partial charge in [0.05, 0.1) is 12.7 Å². The summed E-state index contributed by atoms with van der Waals surface area (Å²) in [6.45, 7) is 2.67. The summed E-state index contributed by atoms with van der Waals surface area (Å²) >= 11 is 0. The Hall–Kier alpha value is -1.09. The van der Waals surface area contributed by atoms with E-state index in [4.69, 9.17) is 10.5 Å². The summed E-state index contributed by atoms with van der Waals surface area (Å²) in [4.78, 5) is 0. The monoisotopic (exact) mass is 237 g/mol. The highest BCUT2D eigenvalue weighted by molar-refractivity contribution is 5.46. The van der Waals surface area contributed by atoms with E-state index in [0.717, 1.165) is 24.3 Å². The van der Waals surface area contributed by atoms with Crippen LogP contribution in [0.3, 0.4) is 0 Å². The molecule has 0 amide bonds. The Kier molecular flexibility index (Phi) is 4.00. The highest BCUT2D eigenvalue weighted by Crippen LogP contribution is 2.27. The lowest BCUT2D eigenvalue weighted by Gasteiger charge is -2.27. The molecule has 1 fully saturated rings. The lowest BCUT2D eigenvalue weighted by atomic mass is 9.89.